The van der Waals surface area contributed by atoms with Crippen molar-refractivity contribution in [3.63, 3.8) is 0 Å². The van der Waals surface area contributed by atoms with Crippen LogP contribution in [-0.4, -0.2) is 17.1 Å². The summed E-state index contributed by atoms with van der Waals surface area (Å²) in [5, 5.41) is 0. The molecule has 14 heavy (non-hydrogen) atoms. The molecule has 0 aliphatic heterocycles. The molecule has 76 valence electrons. The van der Waals surface area contributed by atoms with Gasteiger partial charge in [0.2, 0.25) is 5.88 Å². The Balaban J connectivity index is 2.28. The summed E-state index contributed by atoms with van der Waals surface area (Å²) in [4.78, 5) is 8.74. The highest BCUT2D eigenvalue weighted by Crippen LogP contribution is 2.34. The van der Waals surface area contributed by atoms with Crippen LogP contribution in [0.5, 0.6) is 5.88 Å². The molecule has 0 unspecified atom stereocenters. The number of hydrogen-bond acceptors (Lipinski definition) is 4. The van der Waals surface area contributed by atoms with Gasteiger partial charge in [-0.05, 0) is 12.8 Å². The van der Waals surface area contributed by atoms with Crippen molar-refractivity contribution in [2.24, 2.45) is 5.73 Å². The predicted molar refractivity (Wildman–Crippen MR) is 53.1 cm³/mol. The molecule has 1 aliphatic rings. The van der Waals surface area contributed by atoms with E-state index in [0.717, 1.165) is 11.5 Å². The first-order valence-corrected chi connectivity index (χ1v) is 4.95. The van der Waals surface area contributed by atoms with Gasteiger partial charge in [0, 0.05) is 18.5 Å². The van der Waals surface area contributed by atoms with Gasteiger partial charge in [-0.25, -0.2) is 4.98 Å². The highest BCUT2D eigenvalue weighted by molar-refractivity contribution is 5.18. The SMILES string of the molecule is COc1cc(CN)nc(C2CCC2)n1. The summed E-state index contributed by atoms with van der Waals surface area (Å²) < 4.78 is 5.11. The van der Waals surface area contributed by atoms with E-state index in [9.17, 15) is 0 Å². The summed E-state index contributed by atoms with van der Waals surface area (Å²) >= 11 is 0. The summed E-state index contributed by atoms with van der Waals surface area (Å²) in [5.41, 5.74) is 6.42. The van der Waals surface area contributed by atoms with Crippen molar-refractivity contribution in [1.29, 1.82) is 0 Å². The predicted octanol–water partition coefficient (Wildman–Crippen LogP) is 1.21. The molecule has 1 heterocycles. The summed E-state index contributed by atoms with van der Waals surface area (Å²) in [6.07, 6.45) is 3.66. The van der Waals surface area contributed by atoms with Crippen LogP contribution in [0.1, 0.15) is 36.7 Å². The van der Waals surface area contributed by atoms with Crippen LogP contribution >= 0.6 is 0 Å². The first-order valence-electron chi connectivity index (χ1n) is 4.95. The number of aromatic nitrogens is 2. The van der Waals surface area contributed by atoms with E-state index in [1.165, 1.54) is 19.3 Å². The number of hydrogen-bond donors (Lipinski definition) is 1. The Hall–Kier alpha value is -1.16. The number of ether oxygens (including phenoxy) is 1. The highest BCUT2D eigenvalue weighted by Gasteiger charge is 2.23. The number of nitrogens with zero attached hydrogens (tertiary/aromatic N) is 2. The summed E-state index contributed by atoms with van der Waals surface area (Å²) in [6, 6.07) is 1.79. The van der Waals surface area contributed by atoms with Gasteiger partial charge in [-0.2, -0.15) is 4.98 Å². The minimum atomic E-state index is 0.443. The van der Waals surface area contributed by atoms with E-state index in [0.29, 0.717) is 18.3 Å². The third kappa shape index (κ3) is 1.70. The summed E-state index contributed by atoms with van der Waals surface area (Å²) in [5.74, 6) is 2.05. The second-order valence-corrected chi connectivity index (χ2v) is 3.59. The zero-order chi connectivity index (χ0) is 9.97. The Bertz CT molecular complexity index is 301. The minimum absolute atomic E-state index is 0.443. The molecule has 0 bridgehead atoms. The van der Waals surface area contributed by atoms with Gasteiger partial charge in [-0.1, -0.05) is 6.42 Å². The van der Waals surface area contributed by atoms with Gasteiger partial charge in [0.1, 0.15) is 5.82 Å². The second-order valence-electron chi connectivity index (χ2n) is 3.59. The van der Waals surface area contributed by atoms with Crippen LogP contribution in [-0.2, 0) is 6.54 Å². The van der Waals surface area contributed by atoms with E-state index in [-0.39, 0.29) is 0 Å². The van der Waals surface area contributed by atoms with E-state index < -0.39 is 0 Å². The Kier molecular flexibility index (Phi) is 2.63. The Morgan fingerprint density at radius 1 is 1.50 bits per heavy atom. The molecule has 1 fully saturated rings. The summed E-state index contributed by atoms with van der Waals surface area (Å²) in [7, 11) is 1.62. The fourth-order valence-electron chi connectivity index (χ4n) is 1.55. The van der Waals surface area contributed by atoms with Crippen molar-refractivity contribution in [1.82, 2.24) is 9.97 Å². The lowest BCUT2D eigenvalue weighted by molar-refractivity contribution is 0.370. The molecule has 0 atom stereocenters. The van der Waals surface area contributed by atoms with E-state index in [2.05, 4.69) is 9.97 Å². The lowest BCUT2D eigenvalue weighted by Gasteiger charge is -2.24. The Morgan fingerprint density at radius 3 is 2.79 bits per heavy atom. The Labute approximate surface area is 83.5 Å². The van der Waals surface area contributed by atoms with Crippen molar-refractivity contribution in [2.75, 3.05) is 7.11 Å². The molecule has 0 spiro atoms. The molecule has 1 aromatic heterocycles. The molecule has 4 heteroatoms. The van der Waals surface area contributed by atoms with Crippen LogP contribution in [0.15, 0.2) is 6.07 Å². The third-order valence-corrected chi connectivity index (χ3v) is 2.66. The van der Waals surface area contributed by atoms with Crippen molar-refractivity contribution in [3.8, 4) is 5.88 Å². The minimum Gasteiger partial charge on any atom is -0.481 e. The van der Waals surface area contributed by atoms with Gasteiger partial charge in [-0.3, -0.25) is 0 Å². The lowest BCUT2D eigenvalue weighted by atomic mass is 9.85. The van der Waals surface area contributed by atoms with Gasteiger partial charge in [-0.15, -0.1) is 0 Å². The molecule has 1 aliphatic carbocycles. The van der Waals surface area contributed by atoms with Gasteiger partial charge in [0.25, 0.3) is 0 Å². The number of nitrogens with two attached hydrogens (primary N) is 1. The largest absolute Gasteiger partial charge is 0.481 e. The standard InChI is InChI=1S/C10H15N3O/c1-14-9-5-8(6-11)12-10(13-9)7-3-2-4-7/h5,7H,2-4,6,11H2,1H3. The van der Waals surface area contributed by atoms with Crippen LogP contribution in [0.3, 0.4) is 0 Å². The fraction of sp³-hybridized carbons (Fsp3) is 0.600. The van der Waals surface area contributed by atoms with Crippen molar-refractivity contribution >= 4 is 0 Å². The number of rotatable bonds is 3. The average molecular weight is 193 g/mol. The molecular formula is C10H15N3O. The normalized spacial score (nSPS) is 16.4. The molecule has 0 aromatic carbocycles. The van der Waals surface area contributed by atoms with E-state index >= 15 is 0 Å². The smallest absolute Gasteiger partial charge is 0.216 e. The fourth-order valence-corrected chi connectivity index (χ4v) is 1.55. The van der Waals surface area contributed by atoms with Gasteiger partial charge >= 0.3 is 0 Å². The maximum Gasteiger partial charge on any atom is 0.216 e. The molecule has 1 saturated carbocycles. The molecule has 0 saturated heterocycles. The second kappa shape index (κ2) is 3.92. The van der Waals surface area contributed by atoms with E-state index in [4.69, 9.17) is 10.5 Å². The number of methoxy groups -OCH3 is 1. The van der Waals surface area contributed by atoms with Crippen LogP contribution in [0, 0.1) is 0 Å². The molecule has 1 aromatic rings. The monoisotopic (exact) mass is 193 g/mol. The quantitative estimate of drug-likeness (QED) is 0.783. The molecule has 4 nitrogen and oxygen atoms in total. The molecule has 2 N–H and O–H groups in total. The average Bonchev–Trinajstić information content (AvgIpc) is 2.14. The van der Waals surface area contributed by atoms with Crippen LogP contribution < -0.4 is 10.5 Å². The highest BCUT2D eigenvalue weighted by atomic mass is 16.5. The van der Waals surface area contributed by atoms with Crippen LogP contribution in [0.4, 0.5) is 0 Å². The van der Waals surface area contributed by atoms with Crippen LogP contribution in [0.2, 0.25) is 0 Å². The van der Waals surface area contributed by atoms with Crippen molar-refractivity contribution < 1.29 is 4.74 Å². The van der Waals surface area contributed by atoms with Gasteiger partial charge in [0.05, 0.1) is 12.8 Å². The van der Waals surface area contributed by atoms with E-state index in [1.807, 2.05) is 0 Å². The van der Waals surface area contributed by atoms with Crippen LogP contribution in [0.25, 0.3) is 0 Å². The van der Waals surface area contributed by atoms with Crippen molar-refractivity contribution in [2.45, 2.75) is 31.7 Å². The molecular weight excluding hydrogens is 178 g/mol. The van der Waals surface area contributed by atoms with E-state index in [1.54, 1.807) is 13.2 Å². The van der Waals surface area contributed by atoms with Crippen molar-refractivity contribution in [3.05, 3.63) is 17.6 Å². The maximum atomic E-state index is 5.56. The zero-order valence-electron chi connectivity index (χ0n) is 8.36. The van der Waals surface area contributed by atoms with Gasteiger partial charge in [0.15, 0.2) is 0 Å². The summed E-state index contributed by atoms with van der Waals surface area (Å²) in [6.45, 7) is 0.443. The lowest BCUT2D eigenvalue weighted by Crippen LogP contribution is -2.15. The molecule has 0 amide bonds. The maximum absolute atomic E-state index is 5.56. The van der Waals surface area contributed by atoms with Gasteiger partial charge < -0.3 is 10.5 Å². The molecule has 2 rings (SSSR count). The first kappa shape index (κ1) is 9.40. The topological polar surface area (TPSA) is 61.0 Å². The molecule has 0 radical (unpaired) electrons. The Morgan fingerprint density at radius 2 is 2.29 bits per heavy atom. The first-order chi connectivity index (χ1) is 6.83. The zero-order valence-corrected chi connectivity index (χ0v) is 8.36. The third-order valence-electron chi connectivity index (χ3n) is 2.66.